The first kappa shape index (κ1) is 15.2. The SMILES string of the molecule is Cc1cnc(CNC(=O)c2cc([N+](=O)[O-])cc(Cl)c2N)s1. The minimum Gasteiger partial charge on any atom is -0.397 e. The van der Waals surface area contributed by atoms with Gasteiger partial charge < -0.3 is 11.1 Å². The van der Waals surface area contributed by atoms with Gasteiger partial charge in [0.05, 0.1) is 27.7 Å². The summed E-state index contributed by atoms with van der Waals surface area (Å²) in [4.78, 5) is 27.4. The van der Waals surface area contributed by atoms with Crippen LogP contribution < -0.4 is 11.1 Å². The van der Waals surface area contributed by atoms with Crippen molar-refractivity contribution in [2.45, 2.75) is 13.5 Å². The molecule has 0 aliphatic carbocycles. The van der Waals surface area contributed by atoms with Crippen LogP contribution in [0, 0.1) is 17.0 Å². The van der Waals surface area contributed by atoms with Crippen molar-refractivity contribution in [3.8, 4) is 0 Å². The molecule has 3 N–H and O–H groups in total. The van der Waals surface area contributed by atoms with Gasteiger partial charge in [-0.3, -0.25) is 14.9 Å². The molecule has 2 aromatic rings. The van der Waals surface area contributed by atoms with Gasteiger partial charge in [-0.25, -0.2) is 4.98 Å². The van der Waals surface area contributed by atoms with Crippen LogP contribution in [0.25, 0.3) is 0 Å². The lowest BCUT2D eigenvalue weighted by molar-refractivity contribution is -0.384. The summed E-state index contributed by atoms with van der Waals surface area (Å²) in [6.07, 6.45) is 1.70. The summed E-state index contributed by atoms with van der Waals surface area (Å²) < 4.78 is 0. The van der Waals surface area contributed by atoms with E-state index in [9.17, 15) is 14.9 Å². The second-order valence-electron chi connectivity index (χ2n) is 4.19. The number of anilines is 1. The number of carbonyl (C=O) groups is 1. The highest BCUT2D eigenvalue weighted by atomic mass is 35.5. The highest BCUT2D eigenvalue weighted by Gasteiger charge is 2.18. The number of nitrogens with one attached hydrogen (secondary N) is 1. The lowest BCUT2D eigenvalue weighted by atomic mass is 10.1. The van der Waals surface area contributed by atoms with E-state index in [1.54, 1.807) is 6.20 Å². The van der Waals surface area contributed by atoms with Gasteiger partial charge in [-0.05, 0) is 6.92 Å². The number of hydrogen-bond donors (Lipinski definition) is 2. The van der Waals surface area contributed by atoms with Crippen LogP contribution in [0.4, 0.5) is 11.4 Å². The summed E-state index contributed by atoms with van der Waals surface area (Å²) in [6, 6.07) is 2.21. The third-order valence-corrected chi connectivity index (χ3v) is 3.86. The van der Waals surface area contributed by atoms with Gasteiger partial charge in [-0.1, -0.05) is 11.6 Å². The van der Waals surface area contributed by atoms with Gasteiger partial charge in [0.15, 0.2) is 0 Å². The number of rotatable bonds is 4. The molecule has 0 unspecified atom stereocenters. The Bertz CT molecular complexity index is 717. The van der Waals surface area contributed by atoms with E-state index in [2.05, 4.69) is 10.3 Å². The van der Waals surface area contributed by atoms with Crippen molar-refractivity contribution in [3.63, 3.8) is 0 Å². The molecule has 9 heteroatoms. The van der Waals surface area contributed by atoms with Gasteiger partial charge in [0, 0.05) is 23.2 Å². The van der Waals surface area contributed by atoms with Crippen LogP contribution in [0.2, 0.25) is 5.02 Å². The van der Waals surface area contributed by atoms with Crippen LogP contribution in [0.1, 0.15) is 20.2 Å². The van der Waals surface area contributed by atoms with Crippen molar-refractivity contribution in [3.05, 3.63) is 48.9 Å². The molecule has 0 bridgehead atoms. The molecule has 21 heavy (non-hydrogen) atoms. The minimum atomic E-state index is -0.633. The molecule has 0 fully saturated rings. The van der Waals surface area contributed by atoms with Gasteiger partial charge in [0.1, 0.15) is 5.01 Å². The quantitative estimate of drug-likeness (QED) is 0.509. The fraction of sp³-hybridized carbons (Fsp3) is 0.167. The zero-order valence-electron chi connectivity index (χ0n) is 10.9. The summed E-state index contributed by atoms with van der Waals surface area (Å²) >= 11 is 7.26. The second-order valence-corrected chi connectivity index (χ2v) is 5.92. The fourth-order valence-corrected chi connectivity index (χ4v) is 2.57. The number of nitrogens with zero attached hydrogens (tertiary/aromatic N) is 2. The number of amides is 1. The molecule has 0 aliphatic heterocycles. The third-order valence-electron chi connectivity index (χ3n) is 2.64. The molecule has 7 nitrogen and oxygen atoms in total. The van der Waals surface area contributed by atoms with Gasteiger partial charge in [-0.2, -0.15) is 0 Å². The molecular weight excluding hydrogens is 316 g/mol. The van der Waals surface area contributed by atoms with Crippen LogP contribution in [0.5, 0.6) is 0 Å². The summed E-state index contributed by atoms with van der Waals surface area (Å²) in [5, 5.41) is 14.1. The highest BCUT2D eigenvalue weighted by molar-refractivity contribution is 7.11. The van der Waals surface area contributed by atoms with E-state index in [0.717, 1.165) is 22.0 Å². The predicted molar refractivity (Wildman–Crippen MR) is 80.5 cm³/mol. The molecular formula is C12H11ClN4O3S. The molecule has 2 rings (SSSR count). The van der Waals surface area contributed by atoms with E-state index in [4.69, 9.17) is 17.3 Å². The van der Waals surface area contributed by atoms with Crippen molar-refractivity contribution < 1.29 is 9.72 Å². The van der Waals surface area contributed by atoms with Crippen molar-refractivity contribution in [1.29, 1.82) is 0 Å². The number of benzene rings is 1. The maximum atomic E-state index is 12.1. The lowest BCUT2D eigenvalue weighted by Crippen LogP contribution is -2.24. The Hall–Kier alpha value is -2.19. The number of aryl methyl sites for hydroxylation is 1. The van der Waals surface area contributed by atoms with Crippen LogP contribution >= 0.6 is 22.9 Å². The summed E-state index contributed by atoms with van der Waals surface area (Å²) in [6.45, 7) is 2.12. The number of aromatic nitrogens is 1. The van der Waals surface area contributed by atoms with Crippen molar-refractivity contribution in [1.82, 2.24) is 10.3 Å². The number of halogens is 1. The van der Waals surface area contributed by atoms with E-state index in [-0.39, 0.29) is 28.5 Å². The monoisotopic (exact) mass is 326 g/mol. The number of nitro groups is 1. The Balaban J connectivity index is 2.20. The molecule has 0 saturated heterocycles. The van der Waals surface area contributed by atoms with Crippen molar-refractivity contribution in [2.24, 2.45) is 0 Å². The van der Waals surface area contributed by atoms with E-state index in [0.29, 0.717) is 0 Å². The number of non-ortho nitro benzene ring substituents is 1. The van der Waals surface area contributed by atoms with Crippen LogP contribution in [0.15, 0.2) is 18.3 Å². The van der Waals surface area contributed by atoms with E-state index < -0.39 is 10.8 Å². The highest BCUT2D eigenvalue weighted by Crippen LogP contribution is 2.28. The van der Waals surface area contributed by atoms with E-state index in [1.807, 2.05) is 6.92 Å². The smallest absolute Gasteiger partial charge is 0.271 e. The lowest BCUT2D eigenvalue weighted by Gasteiger charge is -2.07. The Kier molecular flexibility index (Phi) is 4.39. The predicted octanol–water partition coefficient (Wildman–Crippen LogP) is 2.53. The first-order valence-corrected chi connectivity index (χ1v) is 7.01. The van der Waals surface area contributed by atoms with Gasteiger partial charge in [0.2, 0.25) is 0 Å². The molecule has 110 valence electrons. The Morgan fingerprint density at radius 1 is 1.57 bits per heavy atom. The summed E-state index contributed by atoms with van der Waals surface area (Å²) in [7, 11) is 0. The largest absolute Gasteiger partial charge is 0.397 e. The second kappa shape index (κ2) is 6.06. The maximum Gasteiger partial charge on any atom is 0.271 e. The molecule has 0 saturated carbocycles. The van der Waals surface area contributed by atoms with Gasteiger partial charge in [0.25, 0.3) is 11.6 Å². The van der Waals surface area contributed by atoms with E-state index in [1.165, 1.54) is 11.3 Å². The first-order valence-electron chi connectivity index (χ1n) is 5.81. The number of nitrogen functional groups attached to an aromatic ring is 1. The minimum absolute atomic E-state index is 0.00934. The van der Waals surface area contributed by atoms with Crippen LogP contribution in [-0.2, 0) is 6.54 Å². The maximum absolute atomic E-state index is 12.1. The molecule has 1 amide bonds. The van der Waals surface area contributed by atoms with Crippen LogP contribution in [-0.4, -0.2) is 15.8 Å². The molecule has 1 heterocycles. The molecule has 1 aromatic carbocycles. The number of hydrogen-bond acceptors (Lipinski definition) is 6. The topological polar surface area (TPSA) is 111 Å². The number of thiazole rings is 1. The van der Waals surface area contributed by atoms with E-state index >= 15 is 0 Å². The zero-order valence-corrected chi connectivity index (χ0v) is 12.5. The van der Waals surface area contributed by atoms with Gasteiger partial charge >= 0.3 is 0 Å². The zero-order chi connectivity index (χ0) is 15.6. The standard InChI is InChI=1S/C12H11ClN4O3S/c1-6-4-15-10(21-6)5-16-12(18)8-2-7(17(19)20)3-9(13)11(8)14/h2-4H,5,14H2,1H3,(H,16,18). The normalized spacial score (nSPS) is 10.4. The average molecular weight is 327 g/mol. The molecule has 1 aromatic heterocycles. The Morgan fingerprint density at radius 2 is 2.29 bits per heavy atom. The summed E-state index contributed by atoms with van der Waals surface area (Å²) in [5.41, 5.74) is 5.39. The molecule has 0 aliphatic rings. The van der Waals surface area contributed by atoms with Crippen LogP contribution in [0.3, 0.4) is 0 Å². The third kappa shape index (κ3) is 3.47. The average Bonchev–Trinajstić information content (AvgIpc) is 2.84. The molecule has 0 spiro atoms. The number of carbonyl (C=O) groups excluding carboxylic acids is 1. The number of nitro benzene ring substituents is 1. The molecule has 0 atom stereocenters. The Labute approximate surface area is 128 Å². The molecule has 0 radical (unpaired) electrons. The van der Waals surface area contributed by atoms with Gasteiger partial charge in [-0.15, -0.1) is 11.3 Å². The summed E-state index contributed by atoms with van der Waals surface area (Å²) in [5.74, 6) is -0.536. The first-order chi connectivity index (χ1) is 9.88. The fourth-order valence-electron chi connectivity index (χ4n) is 1.63. The van der Waals surface area contributed by atoms with Crippen molar-refractivity contribution >= 4 is 40.2 Å². The van der Waals surface area contributed by atoms with Crippen molar-refractivity contribution in [2.75, 3.05) is 5.73 Å². The Morgan fingerprint density at radius 3 is 2.86 bits per heavy atom. The number of nitrogens with two attached hydrogens (primary N) is 1.